The molecule has 1 N–H and O–H groups in total. The lowest BCUT2D eigenvalue weighted by atomic mass is 10.2. The number of hydrogen-bond acceptors (Lipinski definition) is 5. The van der Waals surface area contributed by atoms with Crippen molar-refractivity contribution in [2.45, 2.75) is 13.8 Å². The minimum Gasteiger partial charge on any atom is -0.478 e. The minimum absolute atomic E-state index is 0.0290. The van der Waals surface area contributed by atoms with Crippen LogP contribution in [0.15, 0.2) is 30.4 Å². The molecule has 1 rings (SSSR count). The van der Waals surface area contributed by atoms with Gasteiger partial charge in [-0.15, -0.1) is 0 Å². The normalized spacial score (nSPS) is 9.58. The molecule has 0 aliphatic heterocycles. The summed E-state index contributed by atoms with van der Waals surface area (Å²) < 4.78 is 9.62. The molecule has 0 heterocycles. The Morgan fingerprint density at radius 3 is 2.26 bits per heavy atom. The van der Waals surface area contributed by atoms with Crippen molar-refractivity contribution in [3.8, 4) is 11.5 Å². The Bertz CT molecular complexity index is 558. The fourth-order valence-corrected chi connectivity index (χ4v) is 1.18. The summed E-state index contributed by atoms with van der Waals surface area (Å²) in [5.74, 6) is -2.70. The number of ether oxygens (including phenoxy) is 2. The second-order valence-corrected chi connectivity index (χ2v) is 3.73. The molecule has 0 aliphatic rings. The maximum atomic E-state index is 11.3. The van der Waals surface area contributed by atoms with Gasteiger partial charge in [-0.2, -0.15) is 0 Å². The molecule has 19 heavy (non-hydrogen) atoms. The van der Waals surface area contributed by atoms with Crippen LogP contribution < -0.4 is 9.47 Å². The Balaban J connectivity index is 3.09. The lowest BCUT2D eigenvalue weighted by Gasteiger charge is -2.08. The van der Waals surface area contributed by atoms with Crippen LogP contribution in [0.3, 0.4) is 0 Å². The summed E-state index contributed by atoms with van der Waals surface area (Å²) in [6.45, 7) is 6.02. The minimum atomic E-state index is -1.30. The summed E-state index contributed by atoms with van der Waals surface area (Å²) >= 11 is 0. The Morgan fingerprint density at radius 1 is 1.16 bits per heavy atom. The third kappa shape index (κ3) is 3.95. The maximum Gasteiger partial charge on any atom is 0.339 e. The fourth-order valence-electron chi connectivity index (χ4n) is 1.18. The first kappa shape index (κ1) is 14.4. The van der Waals surface area contributed by atoms with Gasteiger partial charge in [-0.3, -0.25) is 4.79 Å². The highest BCUT2D eigenvalue weighted by Gasteiger charge is 2.16. The molecule has 100 valence electrons. The number of hydrogen-bond donors (Lipinski definition) is 1. The number of esters is 2. The average Bonchev–Trinajstić information content (AvgIpc) is 2.29. The van der Waals surface area contributed by atoms with Gasteiger partial charge in [0.1, 0.15) is 17.1 Å². The van der Waals surface area contributed by atoms with Crippen molar-refractivity contribution >= 4 is 17.9 Å². The summed E-state index contributed by atoms with van der Waals surface area (Å²) in [7, 11) is 0. The van der Waals surface area contributed by atoms with Gasteiger partial charge >= 0.3 is 17.9 Å². The van der Waals surface area contributed by atoms with Gasteiger partial charge in [-0.05, 0) is 25.1 Å². The molecule has 0 atom stereocenters. The second-order valence-electron chi connectivity index (χ2n) is 3.73. The van der Waals surface area contributed by atoms with Gasteiger partial charge in [0.05, 0.1) is 0 Å². The molecule has 0 fully saturated rings. The molecule has 0 aromatic heterocycles. The summed E-state index contributed by atoms with van der Waals surface area (Å²) in [6, 6.07) is 3.67. The number of carbonyl (C=O) groups is 3. The van der Waals surface area contributed by atoms with Crippen LogP contribution in [0.5, 0.6) is 11.5 Å². The Hall–Kier alpha value is -2.63. The number of benzene rings is 1. The monoisotopic (exact) mass is 264 g/mol. The van der Waals surface area contributed by atoms with E-state index >= 15 is 0 Å². The van der Waals surface area contributed by atoms with Crippen LogP contribution in [-0.2, 0) is 9.59 Å². The van der Waals surface area contributed by atoms with Crippen LogP contribution in [0, 0.1) is 0 Å². The summed E-state index contributed by atoms with van der Waals surface area (Å²) in [5.41, 5.74) is -0.0943. The topological polar surface area (TPSA) is 89.9 Å². The first-order chi connectivity index (χ1) is 8.81. The first-order valence-electron chi connectivity index (χ1n) is 5.24. The van der Waals surface area contributed by atoms with E-state index < -0.39 is 17.9 Å². The largest absolute Gasteiger partial charge is 0.478 e. The van der Waals surface area contributed by atoms with Gasteiger partial charge in [0.15, 0.2) is 0 Å². The molecule has 6 heteroatoms. The predicted octanol–water partition coefficient (Wildman–Crippen LogP) is 1.79. The highest BCUT2D eigenvalue weighted by Crippen LogP contribution is 2.25. The molecule has 0 amide bonds. The van der Waals surface area contributed by atoms with Crippen molar-refractivity contribution in [2.75, 3.05) is 0 Å². The van der Waals surface area contributed by atoms with Gasteiger partial charge in [0.2, 0.25) is 0 Å². The molecular weight excluding hydrogens is 252 g/mol. The number of carbonyl (C=O) groups excluding carboxylic acids is 2. The zero-order valence-corrected chi connectivity index (χ0v) is 10.4. The molecule has 0 saturated carbocycles. The van der Waals surface area contributed by atoms with E-state index in [0.29, 0.717) is 0 Å². The highest BCUT2D eigenvalue weighted by molar-refractivity contribution is 5.93. The molecule has 0 saturated heterocycles. The quantitative estimate of drug-likeness (QED) is 0.506. The van der Waals surface area contributed by atoms with Crippen LogP contribution in [0.25, 0.3) is 0 Å². The van der Waals surface area contributed by atoms with E-state index in [2.05, 4.69) is 6.58 Å². The first-order valence-corrected chi connectivity index (χ1v) is 5.24. The zero-order chi connectivity index (χ0) is 14.6. The third-order valence-electron chi connectivity index (χ3n) is 1.99. The fraction of sp³-hybridized carbons (Fsp3) is 0.154. The van der Waals surface area contributed by atoms with Crippen molar-refractivity contribution in [3.63, 3.8) is 0 Å². The SMILES string of the molecule is C=C(C)C(=O)Oc1ccc(OC(C)=O)c(C(=O)O)c1. The maximum absolute atomic E-state index is 11.3. The lowest BCUT2D eigenvalue weighted by Crippen LogP contribution is -2.10. The standard InChI is InChI=1S/C13H12O6/c1-7(2)13(17)19-9-4-5-11(18-8(3)14)10(6-9)12(15)16/h4-6H,1H2,2-3H3,(H,15,16). The van der Waals surface area contributed by atoms with Gasteiger partial charge in [-0.25, -0.2) is 9.59 Å². The van der Waals surface area contributed by atoms with Gasteiger partial charge in [0, 0.05) is 12.5 Å². The molecule has 0 radical (unpaired) electrons. The van der Waals surface area contributed by atoms with Crippen LogP contribution in [0.4, 0.5) is 0 Å². The zero-order valence-electron chi connectivity index (χ0n) is 10.4. The van der Waals surface area contributed by atoms with Gasteiger partial charge in [0.25, 0.3) is 0 Å². The van der Waals surface area contributed by atoms with Crippen LogP contribution in [0.1, 0.15) is 24.2 Å². The predicted molar refractivity (Wildman–Crippen MR) is 65.2 cm³/mol. The molecular formula is C13H12O6. The van der Waals surface area contributed by atoms with E-state index in [4.69, 9.17) is 14.6 Å². The van der Waals surface area contributed by atoms with E-state index in [0.717, 1.165) is 13.0 Å². The molecule has 0 aliphatic carbocycles. The summed E-state index contributed by atoms with van der Waals surface area (Å²) in [6.07, 6.45) is 0. The van der Waals surface area contributed by atoms with Crippen molar-refractivity contribution in [1.82, 2.24) is 0 Å². The smallest absolute Gasteiger partial charge is 0.339 e. The van der Waals surface area contributed by atoms with Crippen molar-refractivity contribution < 1.29 is 29.0 Å². The van der Waals surface area contributed by atoms with E-state index in [1.807, 2.05) is 0 Å². The Morgan fingerprint density at radius 2 is 1.79 bits per heavy atom. The highest BCUT2D eigenvalue weighted by atomic mass is 16.5. The van der Waals surface area contributed by atoms with Crippen molar-refractivity contribution in [3.05, 3.63) is 35.9 Å². The molecule has 0 spiro atoms. The molecule has 6 nitrogen and oxygen atoms in total. The van der Waals surface area contributed by atoms with Crippen LogP contribution in [0.2, 0.25) is 0 Å². The van der Waals surface area contributed by atoms with Crippen LogP contribution >= 0.6 is 0 Å². The third-order valence-corrected chi connectivity index (χ3v) is 1.99. The van der Waals surface area contributed by atoms with Crippen molar-refractivity contribution in [2.24, 2.45) is 0 Å². The van der Waals surface area contributed by atoms with E-state index in [-0.39, 0.29) is 22.6 Å². The summed E-state index contributed by atoms with van der Waals surface area (Å²) in [4.78, 5) is 33.2. The number of rotatable bonds is 4. The van der Waals surface area contributed by atoms with E-state index in [1.165, 1.54) is 19.1 Å². The molecule has 0 bridgehead atoms. The molecule has 0 unspecified atom stereocenters. The lowest BCUT2D eigenvalue weighted by molar-refractivity contribution is -0.132. The average molecular weight is 264 g/mol. The van der Waals surface area contributed by atoms with Crippen LogP contribution in [-0.4, -0.2) is 23.0 Å². The number of carboxylic acid groups (broad SMARTS) is 1. The molecule has 1 aromatic carbocycles. The summed E-state index contributed by atoms with van der Waals surface area (Å²) in [5, 5.41) is 9.00. The number of carboxylic acids is 1. The van der Waals surface area contributed by atoms with E-state index in [9.17, 15) is 14.4 Å². The second kappa shape index (κ2) is 5.81. The van der Waals surface area contributed by atoms with E-state index in [1.54, 1.807) is 0 Å². The van der Waals surface area contributed by atoms with Gasteiger partial charge < -0.3 is 14.6 Å². The molecule has 1 aromatic rings. The van der Waals surface area contributed by atoms with Crippen molar-refractivity contribution in [1.29, 1.82) is 0 Å². The Kier molecular flexibility index (Phi) is 4.41. The number of aromatic carboxylic acids is 1. The Labute approximate surface area is 109 Å². The van der Waals surface area contributed by atoms with Gasteiger partial charge in [-0.1, -0.05) is 6.58 Å².